The van der Waals surface area contributed by atoms with Crippen LogP contribution in [0.1, 0.15) is 37.6 Å². The summed E-state index contributed by atoms with van der Waals surface area (Å²) in [6.45, 7) is 7.39. The average Bonchev–Trinajstić information content (AvgIpc) is 2.48. The number of hydrogen-bond acceptors (Lipinski definition) is 4. The topological polar surface area (TPSA) is 56.8 Å². The summed E-state index contributed by atoms with van der Waals surface area (Å²) in [5.41, 5.74) is 0.552. The fraction of sp³-hybridized carbons (Fsp3) is 0.562. The lowest BCUT2D eigenvalue weighted by molar-refractivity contribution is 0.0894. The maximum Gasteiger partial charge on any atom is 0.251 e. The average molecular weight is 295 g/mol. The highest BCUT2D eigenvalue weighted by atomic mass is 16.5. The molecule has 0 aliphatic heterocycles. The van der Waals surface area contributed by atoms with Gasteiger partial charge in [-0.15, -0.1) is 0 Å². The van der Waals surface area contributed by atoms with Crippen LogP contribution in [0.5, 0.6) is 11.5 Å². The third kappa shape index (κ3) is 5.27. The van der Waals surface area contributed by atoms with Gasteiger partial charge in [-0.2, -0.15) is 0 Å². The van der Waals surface area contributed by atoms with Crippen LogP contribution in [0.25, 0.3) is 0 Å². The molecule has 1 atom stereocenters. The van der Waals surface area contributed by atoms with E-state index in [1.165, 1.54) is 0 Å². The summed E-state index contributed by atoms with van der Waals surface area (Å²) in [6, 6.07) is 5.22. The van der Waals surface area contributed by atoms with Crippen LogP contribution in [-0.4, -0.2) is 38.9 Å². The number of carbonyl (C=O) groups is 1. The van der Waals surface area contributed by atoms with Crippen molar-refractivity contribution in [3.05, 3.63) is 23.8 Å². The molecule has 0 fully saturated rings. The van der Waals surface area contributed by atoms with Gasteiger partial charge in [-0.05, 0) is 38.5 Å². The van der Waals surface area contributed by atoms with E-state index in [1.807, 2.05) is 20.8 Å². The van der Waals surface area contributed by atoms with Crippen molar-refractivity contribution in [2.24, 2.45) is 0 Å². The number of ether oxygens (including phenoxy) is 3. The SMILES string of the molecule is CCOc1ccc(C(=O)NC(CC)COC)cc1OCC. The Hall–Kier alpha value is -1.75. The molecule has 1 unspecified atom stereocenters. The summed E-state index contributed by atoms with van der Waals surface area (Å²) in [4.78, 5) is 12.3. The lowest BCUT2D eigenvalue weighted by Gasteiger charge is -2.17. The molecule has 21 heavy (non-hydrogen) atoms. The molecule has 5 nitrogen and oxygen atoms in total. The number of methoxy groups -OCH3 is 1. The Balaban J connectivity index is 2.86. The molecule has 5 heteroatoms. The molecular weight excluding hydrogens is 270 g/mol. The number of carbonyl (C=O) groups excluding carboxylic acids is 1. The van der Waals surface area contributed by atoms with Crippen molar-refractivity contribution in [1.29, 1.82) is 0 Å². The molecule has 0 heterocycles. The van der Waals surface area contributed by atoms with Crippen LogP contribution in [0.15, 0.2) is 18.2 Å². The van der Waals surface area contributed by atoms with E-state index in [-0.39, 0.29) is 11.9 Å². The van der Waals surface area contributed by atoms with Gasteiger partial charge in [-0.3, -0.25) is 4.79 Å². The fourth-order valence-electron chi connectivity index (χ4n) is 1.92. The third-order valence-corrected chi connectivity index (χ3v) is 3.00. The molecule has 0 bridgehead atoms. The van der Waals surface area contributed by atoms with Crippen LogP contribution in [0.2, 0.25) is 0 Å². The van der Waals surface area contributed by atoms with Crippen molar-refractivity contribution >= 4 is 5.91 Å². The van der Waals surface area contributed by atoms with Gasteiger partial charge in [0.2, 0.25) is 0 Å². The first-order chi connectivity index (χ1) is 10.2. The molecule has 0 spiro atoms. The van der Waals surface area contributed by atoms with Crippen LogP contribution in [-0.2, 0) is 4.74 Å². The van der Waals surface area contributed by atoms with Crippen molar-refractivity contribution in [2.75, 3.05) is 26.9 Å². The Morgan fingerprint density at radius 1 is 1.14 bits per heavy atom. The van der Waals surface area contributed by atoms with E-state index in [1.54, 1.807) is 25.3 Å². The highest BCUT2D eigenvalue weighted by molar-refractivity contribution is 5.95. The Kier molecular flexibility index (Phi) is 7.61. The second-order valence-electron chi connectivity index (χ2n) is 4.56. The Labute approximate surface area is 126 Å². The zero-order chi connectivity index (χ0) is 15.7. The summed E-state index contributed by atoms with van der Waals surface area (Å²) in [7, 11) is 1.62. The molecule has 0 saturated heterocycles. The molecule has 1 aromatic rings. The number of rotatable bonds is 9. The summed E-state index contributed by atoms with van der Waals surface area (Å²) < 4.78 is 16.1. The second-order valence-corrected chi connectivity index (χ2v) is 4.56. The molecule has 1 aromatic carbocycles. The van der Waals surface area contributed by atoms with Gasteiger partial charge in [-0.25, -0.2) is 0 Å². The summed E-state index contributed by atoms with van der Waals surface area (Å²) in [5.74, 6) is 1.11. The smallest absolute Gasteiger partial charge is 0.251 e. The number of benzene rings is 1. The van der Waals surface area contributed by atoms with Crippen molar-refractivity contribution in [3.63, 3.8) is 0 Å². The summed E-state index contributed by atoms with van der Waals surface area (Å²) in [6.07, 6.45) is 0.814. The quantitative estimate of drug-likeness (QED) is 0.761. The van der Waals surface area contributed by atoms with Crippen molar-refractivity contribution < 1.29 is 19.0 Å². The van der Waals surface area contributed by atoms with Gasteiger partial charge in [0, 0.05) is 12.7 Å². The molecule has 0 aliphatic rings. The van der Waals surface area contributed by atoms with Crippen LogP contribution in [0.4, 0.5) is 0 Å². The van der Waals surface area contributed by atoms with E-state index in [4.69, 9.17) is 14.2 Å². The molecule has 118 valence electrons. The van der Waals surface area contributed by atoms with Crippen LogP contribution in [0.3, 0.4) is 0 Å². The van der Waals surface area contributed by atoms with Crippen molar-refractivity contribution in [1.82, 2.24) is 5.32 Å². The van der Waals surface area contributed by atoms with Crippen molar-refractivity contribution in [3.8, 4) is 11.5 Å². The number of nitrogens with one attached hydrogen (secondary N) is 1. The first-order valence-electron chi connectivity index (χ1n) is 7.35. The first-order valence-corrected chi connectivity index (χ1v) is 7.35. The van der Waals surface area contributed by atoms with Crippen LogP contribution in [0, 0.1) is 0 Å². The fourth-order valence-corrected chi connectivity index (χ4v) is 1.92. The van der Waals surface area contributed by atoms with Gasteiger partial charge in [0.1, 0.15) is 0 Å². The van der Waals surface area contributed by atoms with Crippen molar-refractivity contribution in [2.45, 2.75) is 33.2 Å². The normalized spacial score (nSPS) is 11.8. The highest BCUT2D eigenvalue weighted by Crippen LogP contribution is 2.28. The predicted molar refractivity (Wildman–Crippen MR) is 82.2 cm³/mol. The van der Waals surface area contributed by atoms with E-state index >= 15 is 0 Å². The van der Waals surface area contributed by atoms with Gasteiger partial charge in [0.15, 0.2) is 11.5 Å². The minimum absolute atomic E-state index is 0.00427. The Morgan fingerprint density at radius 3 is 2.38 bits per heavy atom. The Morgan fingerprint density at radius 2 is 1.81 bits per heavy atom. The second kappa shape index (κ2) is 9.23. The highest BCUT2D eigenvalue weighted by Gasteiger charge is 2.14. The molecule has 1 amide bonds. The van der Waals surface area contributed by atoms with Crippen LogP contribution < -0.4 is 14.8 Å². The van der Waals surface area contributed by atoms with Gasteiger partial charge in [0.25, 0.3) is 5.91 Å². The molecule has 0 aromatic heterocycles. The van der Waals surface area contributed by atoms with Crippen LogP contribution >= 0.6 is 0 Å². The lowest BCUT2D eigenvalue weighted by Crippen LogP contribution is -2.37. The summed E-state index contributed by atoms with van der Waals surface area (Å²) in [5, 5.41) is 2.94. The summed E-state index contributed by atoms with van der Waals surface area (Å²) >= 11 is 0. The maximum atomic E-state index is 12.3. The predicted octanol–water partition coefficient (Wildman–Crippen LogP) is 2.64. The minimum Gasteiger partial charge on any atom is -0.490 e. The largest absolute Gasteiger partial charge is 0.490 e. The van der Waals surface area contributed by atoms with Gasteiger partial charge in [-0.1, -0.05) is 6.92 Å². The van der Waals surface area contributed by atoms with E-state index in [9.17, 15) is 4.79 Å². The van der Waals surface area contributed by atoms with E-state index in [0.717, 1.165) is 6.42 Å². The minimum atomic E-state index is -0.136. The Bertz CT molecular complexity index is 448. The van der Waals surface area contributed by atoms with Gasteiger partial charge in [0.05, 0.1) is 25.9 Å². The standard InChI is InChI=1S/C16H25NO4/c1-5-13(11-19-4)17-16(18)12-8-9-14(20-6-2)15(10-12)21-7-3/h8-10,13H,5-7,11H2,1-4H3,(H,17,18). The zero-order valence-electron chi connectivity index (χ0n) is 13.3. The van der Waals surface area contributed by atoms with E-state index in [0.29, 0.717) is 36.9 Å². The maximum absolute atomic E-state index is 12.3. The third-order valence-electron chi connectivity index (χ3n) is 3.00. The first kappa shape index (κ1) is 17.3. The lowest BCUT2D eigenvalue weighted by atomic mass is 10.1. The zero-order valence-corrected chi connectivity index (χ0v) is 13.3. The molecule has 1 rings (SSSR count). The van der Waals surface area contributed by atoms with E-state index < -0.39 is 0 Å². The molecule has 1 N–H and O–H groups in total. The number of amides is 1. The molecule has 0 aliphatic carbocycles. The molecule has 0 saturated carbocycles. The molecular formula is C16H25NO4. The van der Waals surface area contributed by atoms with E-state index in [2.05, 4.69) is 5.32 Å². The monoisotopic (exact) mass is 295 g/mol. The van der Waals surface area contributed by atoms with Gasteiger partial charge >= 0.3 is 0 Å². The number of hydrogen-bond donors (Lipinski definition) is 1. The molecule has 0 radical (unpaired) electrons. The van der Waals surface area contributed by atoms with Gasteiger partial charge < -0.3 is 19.5 Å².